The van der Waals surface area contributed by atoms with Crippen molar-refractivity contribution in [3.8, 4) is 0 Å². The third-order valence-corrected chi connectivity index (χ3v) is 6.24. The van der Waals surface area contributed by atoms with Crippen molar-refractivity contribution >= 4 is 34.6 Å². The Morgan fingerprint density at radius 2 is 1.74 bits per heavy atom. The molecule has 4 rings (SSSR count). The molecule has 3 nitrogen and oxygen atoms in total. The second kappa shape index (κ2) is 6.58. The van der Waals surface area contributed by atoms with E-state index >= 15 is 0 Å². The summed E-state index contributed by atoms with van der Waals surface area (Å²) in [5, 5.41) is 8.22. The van der Waals surface area contributed by atoms with Crippen LogP contribution in [0.1, 0.15) is 44.9 Å². The Labute approximate surface area is 148 Å². The van der Waals surface area contributed by atoms with Crippen LogP contribution in [0.3, 0.4) is 0 Å². The van der Waals surface area contributed by atoms with Gasteiger partial charge in [-0.05, 0) is 43.6 Å². The van der Waals surface area contributed by atoms with E-state index in [-0.39, 0.29) is 0 Å². The molecule has 2 unspecified atom stereocenters. The molecule has 5 heteroatoms. The third-order valence-electron chi connectivity index (χ3n) is 5.69. The van der Waals surface area contributed by atoms with E-state index in [2.05, 4.69) is 10.6 Å². The second-order valence-corrected chi connectivity index (χ2v) is 8.16. The zero-order valence-corrected chi connectivity index (χ0v) is 14.9. The van der Waals surface area contributed by atoms with Crippen molar-refractivity contribution in [2.75, 3.05) is 5.32 Å². The first-order chi connectivity index (χ1) is 11.2. The topological polar surface area (TPSA) is 28.5 Å². The lowest BCUT2D eigenvalue weighted by Crippen LogP contribution is -3.22. The lowest BCUT2D eigenvalue weighted by Gasteiger charge is -2.46. The van der Waals surface area contributed by atoms with Gasteiger partial charge in [-0.2, -0.15) is 0 Å². The maximum Gasteiger partial charge on any atom is 0.171 e. The highest BCUT2D eigenvalue weighted by molar-refractivity contribution is 7.80. The first-order valence-electron chi connectivity index (χ1n) is 8.89. The highest BCUT2D eigenvalue weighted by Gasteiger charge is 2.48. The molecule has 0 spiro atoms. The summed E-state index contributed by atoms with van der Waals surface area (Å²) in [6.07, 6.45) is 9.62. The number of hydrogen-bond donors (Lipinski definition) is 3. The number of rotatable bonds is 3. The molecule has 0 radical (unpaired) electrons. The molecule has 4 atom stereocenters. The van der Waals surface area contributed by atoms with Gasteiger partial charge in [0.15, 0.2) is 5.11 Å². The van der Waals surface area contributed by atoms with E-state index in [1.165, 1.54) is 44.9 Å². The van der Waals surface area contributed by atoms with Gasteiger partial charge in [-0.1, -0.05) is 23.7 Å². The van der Waals surface area contributed by atoms with E-state index in [0.717, 1.165) is 23.8 Å². The quantitative estimate of drug-likeness (QED) is 0.732. The van der Waals surface area contributed by atoms with Crippen LogP contribution in [0.25, 0.3) is 0 Å². The zero-order valence-electron chi connectivity index (χ0n) is 13.4. The van der Waals surface area contributed by atoms with Crippen LogP contribution >= 0.6 is 23.8 Å². The summed E-state index contributed by atoms with van der Waals surface area (Å²) in [7, 11) is 0. The van der Waals surface area contributed by atoms with Crippen molar-refractivity contribution in [3.63, 3.8) is 0 Å². The molecule has 1 aliphatic carbocycles. The largest absolute Gasteiger partial charge is 0.359 e. The summed E-state index contributed by atoms with van der Waals surface area (Å²) in [5.74, 6) is 0. The van der Waals surface area contributed by atoms with Crippen molar-refractivity contribution in [2.24, 2.45) is 0 Å². The van der Waals surface area contributed by atoms with Gasteiger partial charge >= 0.3 is 0 Å². The normalized spacial score (nSPS) is 33.1. The molecule has 2 bridgehead atoms. The summed E-state index contributed by atoms with van der Waals surface area (Å²) < 4.78 is 0. The molecule has 3 N–H and O–H groups in total. The van der Waals surface area contributed by atoms with Crippen LogP contribution in [-0.2, 0) is 0 Å². The summed E-state index contributed by atoms with van der Waals surface area (Å²) >= 11 is 11.7. The minimum absolute atomic E-state index is 0.510. The third kappa shape index (κ3) is 3.49. The molecule has 1 saturated carbocycles. The molecule has 1 aromatic rings. The molecule has 1 aromatic carbocycles. The average Bonchev–Trinajstić information content (AvgIpc) is 3.33. The van der Waals surface area contributed by atoms with Gasteiger partial charge in [0, 0.05) is 31.7 Å². The summed E-state index contributed by atoms with van der Waals surface area (Å²) in [6.45, 7) is 0. The Kier molecular flexibility index (Phi) is 4.48. The van der Waals surface area contributed by atoms with Gasteiger partial charge in [-0.25, -0.2) is 0 Å². The lowest BCUT2D eigenvalue weighted by molar-refractivity contribution is -0.971. The predicted molar refractivity (Wildman–Crippen MR) is 99.2 cm³/mol. The predicted octanol–water partition coefficient (Wildman–Crippen LogP) is 2.76. The van der Waals surface area contributed by atoms with Gasteiger partial charge in [-0.15, -0.1) is 0 Å². The number of piperidine rings is 2. The molecule has 0 amide bonds. The van der Waals surface area contributed by atoms with E-state index in [1.54, 1.807) is 0 Å². The van der Waals surface area contributed by atoms with Crippen LogP contribution in [0.4, 0.5) is 5.69 Å². The van der Waals surface area contributed by atoms with E-state index in [9.17, 15) is 0 Å². The molecule has 2 saturated heterocycles. The molecule has 0 aromatic heterocycles. The summed E-state index contributed by atoms with van der Waals surface area (Å²) in [6, 6.07) is 10.9. The number of benzene rings is 1. The Balaban J connectivity index is 1.36. The number of nitrogens with one attached hydrogen (secondary N) is 3. The van der Waals surface area contributed by atoms with Crippen LogP contribution in [0.2, 0.25) is 5.02 Å². The van der Waals surface area contributed by atoms with Gasteiger partial charge in [0.05, 0.1) is 28.8 Å². The number of thiocarbonyl (C=S) groups is 1. The zero-order chi connectivity index (χ0) is 15.8. The molecule has 2 aliphatic heterocycles. The van der Waals surface area contributed by atoms with Crippen molar-refractivity contribution in [2.45, 2.75) is 69.1 Å². The van der Waals surface area contributed by atoms with Gasteiger partial charge in [0.25, 0.3) is 0 Å². The highest BCUT2D eigenvalue weighted by atomic mass is 35.5. The van der Waals surface area contributed by atoms with Crippen LogP contribution < -0.4 is 15.5 Å². The molecule has 3 aliphatic rings. The van der Waals surface area contributed by atoms with Crippen molar-refractivity contribution in [1.29, 1.82) is 0 Å². The van der Waals surface area contributed by atoms with E-state index in [0.29, 0.717) is 16.2 Å². The standard InChI is InChI=1S/C18H24ClN3S/c19-16-6-1-2-7-17(16)21-18(23)20-12-10-14-4-3-5-15(11-12)22(14)13-8-9-13/h1-2,6-7,12-15H,3-5,8-11H2,(H2,20,21,23)/p+1/t12?,14-,15+. The Hall–Kier alpha value is -0.840. The highest BCUT2D eigenvalue weighted by Crippen LogP contribution is 2.28. The first-order valence-corrected chi connectivity index (χ1v) is 9.68. The SMILES string of the molecule is S=C(Nc1ccccc1Cl)NC1C[C@H]2CCC[C@@H](C1)[NH+]2C1CC1. The maximum absolute atomic E-state index is 6.20. The van der Waals surface area contributed by atoms with Gasteiger partial charge in [-0.3, -0.25) is 0 Å². The number of halogens is 1. The Morgan fingerprint density at radius 3 is 2.39 bits per heavy atom. The minimum atomic E-state index is 0.510. The van der Waals surface area contributed by atoms with E-state index < -0.39 is 0 Å². The van der Waals surface area contributed by atoms with Crippen LogP contribution in [0.5, 0.6) is 0 Å². The number of anilines is 1. The van der Waals surface area contributed by atoms with Crippen molar-refractivity contribution < 1.29 is 4.90 Å². The van der Waals surface area contributed by atoms with Crippen molar-refractivity contribution in [1.82, 2.24) is 5.32 Å². The first kappa shape index (κ1) is 15.7. The molecular weight excluding hydrogens is 326 g/mol. The number of para-hydroxylation sites is 1. The molecule has 2 heterocycles. The van der Waals surface area contributed by atoms with E-state index in [1.807, 2.05) is 29.2 Å². The van der Waals surface area contributed by atoms with Crippen LogP contribution in [0.15, 0.2) is 24.3 Å². The number of quaternary nitrogens is 1. The van der Waals surface area contributed by atoms with Crippen LogP contribution in [0, 0.1) is 0 Å². The molecular formula is C18H25ClN3S+. The molecule has 124 valence electrons. The Bertz CT molecular complexity index is 575. The van der Waals surface area contributed by atoms with Gasteiger partial charge < -0.3 is 15.5 Å². The molecule has 23 heavy (non-hydrogen) atoms. The lowest BCUT2D eigenvalue weighted by atomic mass is 9.81. The van der Waals surface area contributed by atoms with Crippen molar-refractivity contribution in [3.05, 3.63) is 29.3 Å². The second-order valence-electron chi connectivity index (χ2n) is 7.35. The van der Waals surface area contributed by atoms with E-state index in [4.69, 9.17) is 23.8 Å². The average molecular weight is 351 g/mol. The van der Waals surface area contributed by atoms with Gasteiger partial charge in [0.1, 0.15) is 0 Å². The smallest absolute Gasteiger partial charge is 0.171 e. The number of fused-ring (bicyclic) bond motifs is 2. The Morgan fingerprint density at radius 1 is 1.04 bits per heavy atom. The van der Waals surface area contributed by atoms with Crippen LogP contribution in [-0.4, -0.2) is 29.3 Å². The monoisotopic (exact) mass is 350 g/mol. The summed E-state index contributed by atoms with van der Waals surface area (Å²) in [5.41, 5.74) is 0.882. The fourth-order valence-corrected chi connectivity index (χ4v) is 5.14. The minimum Gasteiger partial charge on any atom is -0.359 e. The number of hydrogen-bond acceptors (Lipinski definition) is 1. The van der Waals surface area contributed by atoms with Gasteiger partial charge in [0.2, 0.25) is 0 Å². The molecule has 3 fully saturated rings. The fourth-order valence-electron chi connectivity index (χ4n) is 4.68. The summed E-state index contributed by atoms with van der Waals surface area (Å²) in [4.78, 5) is 1.93. The maximum atomic E-state index is 6.20. The fraction of sp³-hybridized carbons (Fsp3) is 0.611.